The predicted octanol–water partition coefficient (Wildman–Crippen LogP) is 4.91. The van der Waals surface area contributed by atoms with Crippen LogP contribution in [0.15, 0.2) is 65.8 Å². The minimum absolute atomic E-state index is 0.0115. The number of methoxy groups -OCH3 is 1. The van der Waals surface area contributed by atoms with Crippen LogP contribution in [0.3, 0.4) is 0 Å². The van der Waals surface area contributed by atoms with Crippen molar-refractivity contribution in [2.45, 2.75) is 85.6 Å². The van der Waals surface area contributed by atoms with Gasteiger partial charge in [-0.1, -0.05) is 45.9 Å². The lowest BCUT2D eigenvalue weighted by Gasteiger charge is -2.38. The van der Waals surface area contributed by atoms with Crippen molar-refractivity contribution in [1.29, 1.82) is 0 Å². The molecule has 1 aromatic heterocycles. The number of aliphatic hydroxyl groups is 2. The number of pyridine rings is 1. The molecule has 3 aromatic rings. The number of hydrogen-bond donors (Lipinski definition) is 7. The van der Waals surface area contributed by atoms with Crippen molar-refractivity contribution in [3.63, 3.8) is 0 Å². The summed E-state index contributed by atoms with van der Waals surface area (Å²) >= 11 is 0. The minimum atomic E-state index is -2.11. The number of phenolic OH excluding ortho intramolecular Hbond substituents is 3. The molecule has 17 nitrogen and oxygen atoms in total. The van der Waals surface area contributed by atoms with Crippen LogP contribution in [0.25, 0.3) is 10.8 Å². The summed E-state index contributed by atoms with van der Waals surface area (Å²) in [6.45, 7) is 12.2. The Balaban J connectivity index is 1.70. The fourth-order valence-corrected chi connectivity index (χ4v) is 7.60. The summed E-state index contributed by atoms with van der Waals surface area (Å²) in [5.74, 6) is -9.87. The summed E-state index contributed by atoms with van der Waals surface area (Å²) < 4.78 is 23.5. The Labute approximate surface area is 352 Å². The topological polar surface area (TPSA) is 256 Å². The molecule has 0 aliphatic carbocycles. The average Bonchev–Trinajstić information content (AvgIpc) is 3.50. The fourth-order valence-electron chi connectivity index (χ4n) is 7.60. The number of aromatic nitrogens is 1. The zero-order valence-electron chi connectivity index (χ0n) is 35.3. The van der Waals surface area contributed by atoms with E-state index in [0.29, 0.717) is 0 Å². The molecule has 7 N–H and O–H groups in total. The molecule has 3 aliphatic heterocycles. The van der Waals surface area contributed by atoms with Gasteiger partial charge in [-0.25, -0.2) is 5.43 Å². The molecule has 0 fully saturated rings. The van der Waals surface area contributed by atoms with E-state index in [-0.39, 0.29) is 39.0 Å². The van der Waals surface area contributed by atoms with Crippen LogP contribution >= 0.6 is 0 Å². The van der Waals surface area contributed by atoms with Crippen LogP contribution in [0.5, 0.6) is 23.0 Å². The van der Waals surface area contributed by atoms with Crippen LogP contribution in [0, 0.1) is 30.6 Å². The Morgan fingerprint density at radius 1 is 0.951 bits per heavy atom. The number of hydrogen-bond acceptors (Lipinski definition) is 15. The van der Waals surface area contributed by atoms with Crippen molar-refractivity contribution in [3.05, 3.63) is 82.9 Å². The first-order valence-electron chi connectivity index (χ1n) is 19.6. The van der Waals surface area contributed by atoms with E-state index in [1.807, 2.05) is 0 Å². The molecule has 17 heteroatoms. The molecule has 6 rings (SSSR count). The molecular formula is C44H52N4O13. The number of aromatic hydroxyl groups is 3. The van der Waals surface area contributed by atoms with Crippen LogP contribution in [0.1, 0.15) is 80.3 Å². The number of ketones is 1. The Morgan fingerprint density at radius 3 is 2.26 bits per heavy atom. The number of fused-ring (bicyclic) bond motifs is 14. The van der Waals surface area contributed by atoms with E-state index in [4.69, 9.17) is 18.9 Å². The van der Waals surface area contributed by atoms with Gasteiger partial charge in [-0.05, 0) is 32.1 Å². The van der Waals surface area contributed by atoms with Gasteiger partial charge in [0.1, 0.15) is 23.4 Å². The average molecular weight is 845 g/mol. The lowest BCUT2D eigenvalue weighted by atomic mass is 9.78. The van der Waals surface area contributed by atoms with Gasteiger partial charge in [0.05, 0.1) is 53.0 Å². The normalized spacial score (nSPS) is 29.3. The summed E-state index contributed by atoms with van der Waals surface area (Å²) in [5.41, 5.74) is 1.50. The van der Waals surface area contributed by atoms with Crippen molar-refractivity contribution in [2.24, 2.45) is 28.8 Å². The third kappa shape index (κ3) is 9.08. The quantitative estimate of drug-likeness (QED) is 0.0592. The minimum Gasteiger partial charge on any atom is -0.507 e. The Kier molecular flexibility index (Phi) is 13.9. The van der Waals surface area contributed by atoms with Gasteiger partial charge in [0.25, 0.3) is 17.6 Å². The number of phenols is 3. The van der Waals surface area contributed by atoms with Crippen molar-refractivity contribution in [1.82, 2.24) is 10.4 Å². The van der Waals surface area contributed by atoms with Gasteiger partial charge in [0.2, 0.25) is 0 Å². The fraction of sp³-hybridized carbons (Fsp3) is 0.409. The van der Waals surface area contributed by atoms with Crippen LogP contribution < -0.4 is 15.5 Å². The summed E-state index contributed by atoms with van der Waals surface area (Å²) in [5, 5.41) is 63.9. The number of aliphatic hydroxyl groups excluding tert-OH is 2. The van der Waals surface area contributed by atoms with Crippen LogP contribution in [0.4, 0.5) is 5.69 Å². The number of hydrazone groups is 1. The van der Waals surface area contributed by atoms with Gasteiger partial charge in [-0.15, -0.1) is 0 Å². The summed E-state index contributed by atoms with van der Waals surface area (Å²) in [4.78, 5) is 57.1. The molecule has 0 radical (unpaired) electrons. The van der Waals surface area contributed by atoms with E-state index in [0.717, 1.165) is 12.5 Å². The number of allylic oxidation sites excluding steroid dienone is 2. The second-order valence-corrected chi connectivity index (χ2v) is 15.6. The van der Waals surface area contributed by atoms with Crippen molar-refractivity contribution < 1.29 is 63.7 Å². The molecule has 0 saturated carbocycles. The number of Topliss-reactive ketones (excluding diaryl/α,β-unsaturated/α-hetero) is 1. The first-order chi connectivity index (χ1) is 28.7. The first-order valence-corrected chi connectivity index (χ1v) is 19.6. The number of anilines is 1. The molecule has 2 aromatic carbocycles. The van der Waals surface area contributed by atoms with E-state index in [1.54, 1.807) is 33.8 Å². The lowest BCUT2D eigenvalue weighted by molar-refractivity contribution is -0.160. The molecule has 5 bridgehead atoms. The van der Waals surface area contributed by atoms with Crippen molar-refractivity contribution >= 4 is 46.2 Å². The monoisotopic (exact) mass is 844 g/mol. The third-order valence-electron chi connectivity index (χ3n) is 11.3. The maximum atomic E-state index is 14.4. The number of nitrogens with zero attached hydrogens (tertiary/aromatic N) is 2. The first kappa shape index (κ1) is 45.8. The second kappa shape index (κ2) is 18.5. The van der Waals surface area contributed by atoms with E-state index in [2.05, 4.69) is 20.8 Å². The molecular weight excluding hydrogens is 792 g/mol. The molecule has 9 atom stereocenters. The predicted molar refractivity (Wildman–Crippen MR) is 223 cm³/mol. The van der Waals surface area contributed by atoms with Gasteiger partial charge >= 0.3 is 11.8 Å². The zero-order chi connectivity index (χ0) is 45.1. The number of amides is 2. The highest BCUT2D eigenvalue weighted by Crippen LogP contribution is 2.55. The molecule has 3 aliphatic rings. The molecule has 2 amide bonds. The molecule has 326 valence electrons. The number of carbonyl (C=O) groups is 4. The number of carbonyl (C=O) groups excluding carboxylic acids is 4. The highest BCUT2D eigenvalue weighted by atomic mass is 16.7. The number of rotatable bonds is 5. The van der Waals surface area contributed by atoms with Gasteiger partial charge in [0.15, 0.2) is 5.75 Å². The van der Waals surface area contributed by atoms with E-state index < -0.39 is 106 Å². The van der Waals surface area contributed by atoms with Gasteiger partial charge < -0.3 is 49.8 Å². The van der Waals surface area contributed by atoms with Crippen LogP contribution in [-0.2, 0) is 23.8 Å². The number of benzene rings is 2. The maximum absolute atomic E-state index is 14.4. The standard InChI is InChI=1S/C44H52N4O13/c1-20-11-10-12-21(2)42(56)47-33-28(19-46-48-43(57)27-13-16-45-17-14-27)37(53)30-31(38(33)54)36(52)25(6)40-32(30)41(55)44(8,61-40)59-18-15-29(58-9)22(3)39(60-26(7)49)24(5)35(51)23(4)34(20)50/h10-20,22-24,29,34-35,39,50-54H,1-9H3,(H,47,56)(H,48,57)/b11-10+,18-15+,21-12+,46-19+/t20-,22+,23+,24+,29-,34-,35+,39+,44-/m0/s1. The number of ether oxygens (including phenoxy) is 4. The lowest BCUT2D eigenvalue weighted by Crippen LogP contribution is -2.46. The van der Waals surface area contributed by atoms with Gasteiger partial charge in [-0.2, -0.15) is 5.10 Å². The molecule has 0 spiro atoms. The molecule has 0 saturated heterocycles. The van der Waals surface area contributed by atoms with E-state index >= 15 is 0 Å². The van der Waals surface area contributed by atoms with Gasteiger partial charge in [0, 0.05) is 79.1 Å². The largest absolute Gasteiger partial charge is 0.507 e. The third-order valence-corrected chi connectivity index (χ3v) is 11.3. The Morgan fingerprint density at radius 2 is 1.62 bits per heavy atom. The zero-order valence-corrected chi connectivity index (χ0v) is 35.3. The maximum Gasteiger partial charge on any atom is 0.312 e. The van der Waals surface area contributed by atoms with Gasteiger partial charge in [-0.3, -0.25) is 24.2 Å². The summed E-state index contributed by atoms with van der Waals surface area (Å²) in [7, 11) is 1.41. The molecule has 61 heavy (non-hydrogen) atoms. The van der Waals surface area contributed by atoms with E-state index in [9.17, 15) is 44.7 Å². The molecule has 0 unspecified atom stereocenters. The second-order valence-electron chi connectivity index (χ2n) is 15.6. The smallest absolute Gasteiger partial charge is 0.312 e. The van der Waals surface area contributed by atoms with Crippen molar-refractivity contribution in [2.75, 3.05) is 12.4 Å². The Hall–Kier alpha value is -6.30. The summed E-state index contributed by atoms with van der Waals surface area (Å²) in [6.07, 6.45) is 6.93. The summed E-state index contributed by atoms with van der Waals surface area (Å²) in [6, 6.07) is 2.87. The number of esters is 1. The highest BCUT2D eigenvalue weighted by Gasteiger charge is 2.50. The van der Waals surface area contributed by atoms with Crippen LogP contribution in [0.2, 0.25) is 0 Å². The SMILES string of the molecule is CO[C@H]1/C=C/O[C@@]2(C)Oc3c(C)c(O)c4c(O)c(c(/C=N/NC(=O)c5ccncc5)c(O)c4c3C2=O)NC(=O)/C(C)=C/C=C/[C@H](C)[C@H](O)[C@@H](C)[C@@H](O)[C@@H](C)[C@H](OC(C)=O)[C@@H]1C. The molecule has 4 heterocycles. The van der Waals surface area contributed by atoms with E-state index in [1.165, 1.54) is 77.6 Å². The Bertz CT molecular complexity index is 2320. The highest BCUT2D eigenvalue weighted by molar-refractivity contribution is 6.24. The van der Waals surface area contributed by atoms with Crippen LogP contribution in [-0.4, -0.2) is 97.6 Å². The van der Waals surface area contributed by atoms with Crippen molar-refractivity contribution in [3.8, 4) is 23.0 Å². The number of nitrogens with one attached hydrogen (secondary N) is 2.